The Kier molecular flexibility index (Phi) is 9.12. The second kappa shape index (κ2) is 11.4. The molecular weight excluding hydrogens is 504 g/mol. The van der Waals surface area contributed by atoms with E-state index in [1.807, 2.05) is 0 Å². The summed E-state index contributed by atoms with van der Waals surface area (Å²) in [7, 11) is 0. The molecule has 1 saturated heterocycles. The molecule has 1 aliphatic rings. The zero-order valence-electron chi connectivity index (χ0n) is 18.8. The van der Waals surface area contributed by atoms with Crippen molar-refractivity contribution in [3.05, 3.63) is 33.8 Å². The van der Waals surface area contributed by atoms with Crippen LogP contribution in [-0.2, 0) is 42.9 Å². The summed E-state index contributed by atoms with van der Waals surface area (Å²) in [6.45, 7) is 5.83. The van der Waals surface area contributed by atoms with Crippen LogP contribution >= 0.6 is 15.9 Å². The van der Waals surface area contributed by atoms with Crippen molar-refractivity contribution in [1.82, 2.24) is 0 Å². The van der Waals surface area contributed by atoms with Gasteiger partial charge in [-0.3, -0.25) is 24.0 Å². The van der Waals surface area contributed by atoms with Gasteiger partial charge in [-0.1, -0.05) is 15.9 Å². The normalized spacial score (nSPS) is 24.4. The summed E-state index contributed by atoms with van der Waals surface area (Å²) in [6, 6.07) is 4.94. The van der Waals surface area contributed by atoms with E-state index in [0.29, 0.717) is 5.56 Å². The third-order valence-electron chi connectivity index (χ3n) is 4.70. The van der Waals surface area contributed by atoms with E-state index in [1.54, 1.807) is 25.1 Å². The van der Waals surface area contributed by atoms with Crippen molar-refractivity contribution in [3.63, 3.8) is 0 Å². The molecule has 0 amide bonds. The molecule has 5 atom stereocenters. The maximum absolute atomic E-state index is 13.5. The molecule has 11 heteroatoms. The molecule has 0 radical (unpaired) electrons. The lowest BCUT2D eigenvalue weighted by Crippen LogP contribution is -2.64. The average molecular weight is 529 g/mol. The molecule has 0 aliphatic carbocycles. The number of ketones is 1. The van der Waals surface area contributed by atoms with Gasteiger partial charge in [0.15, 0.2) is 30.2 Å². The fourth-order valence-corrected chi connectivity index (χ4v) is 3.97. The Labute approximate surface area is 199 Å². The molecule has 0 bridgehead atoms. The highest BCUT2D eigenvalue weighted by atomic mass is 79.9. The minimum atomic E-state index is -1.44. The summed E-state index contributed by atoms with van der Waals surface area (Å²) < 4.78 is 27.6. The van der Waals surface area contributed by atoms with Gasteiger partial charge in [0, 0.05) is 37.7 Å². The summed E-state index contributed by atoms with van der Waals surface area (Å²) in [5.74, 6) is -3.49. The molecule has 1 aromatic rings. The minimum Gasteiger partial charge on any atom is -0.463 e. The number of carbonyl (C=O) groups excluding carboxylic acids is 5. The fraction of sp³-hybridized carbons (Fsp3) is 0.500. The quantitative estimate of drug-likeness (QED) is 0.294. The van der Waals surface area contributed by atoms with Crippen LogP contribution < -0.4 is 0 Å². The van der Waals surface area contributed by atoms with Gasteiger partial charge in [0.05, 0.1) is 0 Å². The van der Waals surface area contributed by atoms with Crippen LogP contribution in [0, 0.1) is 6.92 Å². The van der Waals surface area contributed by atoms with E-state index < -0.39 is 66.8 Å². The predicted octanol–water partition coefficient (Wildman–Crippen LogP) is 2.07. The molecule has 33 heavy (non-hydrogen) atoms. The molecule has 0 N–H and O–H groups in total. The number of aryl methyl sites for hydroxylation is 1. The fourth-order valence-electron chi connectivity index (χ4n) is 3.50. The summed E-state index contributed by atoms with van der Waals surface area (Å²) in [5, 5.41) is 0. The standard InChI is InChI=1S/C22H25BrO10/c1-10-8-15(23)6-7-16(10)18(28)20-22(32-14(5)27)21(31-13(4)26)19(30-12(3)25)17(33-20)9-29-11(2)24/h6-8,17,19-22H,9H2,1-5H3/t17-,19-,20+,21+,22+/m1/s1. The molecule has 0 saturated carbocycles. The lowest BCUT2D eigenvalue weighted by Gasteiger charge is -2.44. The summed E-state index contributed by atoms with van der Waals surface area (Å²) in [5.41, 5.74) is 0.890. The molecule has 0 aromatic heterocycles. The number of Topliss-reactive ketones (excluding diaryl/α,β-unsaturated/α-hetero) is 1. The number of hydrogen-bond acceptors (Lipinski definition) is 10. The van der Waals surface area contributed by atoms with Gasteiger partial charge in [-0.05, 0) is 30.7 Å². The molecule has 1 heterocycles. The van der Waals surface area contributed by atoms with Crippen molar-refractivity contribution < 1.29 is 47.7 Å². The first kappa shape index (κ1) is 26.5. The minimum absolute atomic E-state index is 0.277. The Morgan fingerprint density at radius 2 is 1.39 bits per heavy atom. The highest BCUT2D eigenvalue weighted by Crippen LogP contribution is 2.32. The number of rotatable bonds is 7. The maximum Gasteiger partial charge on any atom is 0.303 e. The van der Waals surface area contributed by atoms with Gasteiger partial charge >= 0.3 is 23.9 Å². The van der Waals surface area contributed by atoms with Crippen LogP contribution in [0.5, 0.6) is 0 Å². The first-order chi connectivity index (χ1) is 15.4. The van der Waals surface area contributed by atoms with E-state index in [0.717, 1.165) is 25.2 Å². The van der Waals surface area contributed by atoms with Gasteiger partial charge < -0.3 is 23.7 Å². The topological polar surface area (TPSA) is 132 Å². The van der Waals surface area contributed by atoms with E-state index >= 15 is 0 Å². The Hall–Kier alpha value is -2.79. The van der Waals surface area contributed by atoms with E-state index in [1.165, 1.54) is 6.92 Å². The smallest absolute Gasteiger partial charge is 0.303 e. The van der Waals surface area contributed by atoms with Crippen LogP contribution in [0.2, 0.25) is 0 Å². The van der Waals surface area contributed by atoms with Crippen molar-refractivity contribution in [2.24, 2.45) is 0 Å². The van der Waals surface area contributed by atoms with Crippen LogP contribution in [-0.4, -0.2) is 66.8 Å². The number of halogens is 1. The number of ether oxygens (including phenoxy) is 5. The van der Waals surface area contributed by atoms with Gasteiger partial charge in [-0.2, -0.15) is 0 Å². The van der Waals surface area contributed by atoms with E-state index in [4.69, 9.17) is 23.7 Å². The van der Waals surface area contributed by atoms with Crippen LogP contribution in [0.1, 0.15) is 43.6 Å². The van der Waals surface area contributed by atoms with Gasteiger partial charge in [-0.25, -0.2) is 0 Å². The van der Waals surface area contributed by atoms with Crippen LogP contribution in [0.4, 0.5) is 0 Å². The Morgan fingerprint density at radius 3 is 1.91 bits per heavy atom. The average Bonchev–Trinajstić information content (AvgIpc) is 2.68. The Morgan fingerprint density at radius 1 is 0.848 bits per heavy atom. The van der Waals surface area contributed by atoms with E-state index in [-0.39, 0.29) is 5.56 Å². The van der Waals surface area contributed by atoms with Crippen molar-refractivity contribution in [2.75, 3.05) is 6.61 Å². The molecule has 1 aliphatic heterocycles. The molecule has 1 aromatic carbocycles. The van der Waals surface area contributed by atoms with Gasteiger partial charge in [0.1, 0.15) is 12.7 Å². The second-order valence-electron chi connectivity index (χ2n) is 7.44. The predicted molar refractivity (Wildman–Crippen MR) is 115 cm³/mol. The lowest BCUT2D eigenvalue weighted by molar-refractivity contribution is -0.243. The molecular formula is C22H25BrO10. The largest absolute Gasteiger partial charge is 0.463 e. The second-order valence-corrected chi connectivity index (χ2v) is 8.36. The van der Waals surface area contributed by atoms with Gasteiger partial charge in [0.25, 0.3) is 0 Å². The Balaban J connectivity index is 2.57. The summed E-state index contributed by atoms with van der Waals surface area (Å²) in [4.78, 5) is 60.4. The van der Waals surface area contributed by atoms with Gasteiger partial charge in [0.2, 0.25) is 0 Å². The van der Waals surface area contributed by atoms with Gasteiger partial charge in [-0.15, -0.1) is 0 Å². The first-order valence-corrected chi connectivity index (χ1v) is 10.8. The van der Waals surface area contributed by atoms with E-state index in [9.17, 15) is 24.0 Å². The number of esters is 4. The summed E-state index contributed by atoms with van der Waals surface area (Å²) >= 11 is 3.33. The number of hydrogen-bond donors (Lipinski definition) is 0. The highest BCUT2D eigenvalue weighted by Gasteiger charge is 2.54. The molecule has 180 valence electrons. The third-order valence-corrected chi connectivity index (χ3v) is 5.20. The lowest BCUT2D eigenvalue weighted by atomic mass is 9.89. The summed E-state index contributed by atoms with van der Waals surface area (Å²) in [6.07, 6.45) is -6.76. The third kappa shape index (κ3) is 7.10. The van der Waals surface area contributed by atoms with E-state index in [2.05, 4.69) is 15.9 Å². The highest BCUT2D eigenvalue weighted by molar-refractivity contribution is 9.10. The van der Waals surface area contributed by atoms with Crippen molar-refractivity contribution in [1.29, 1.82) is 0 Å². The first-order valence-electron chi connectivity index (χ1n) is 10.0. The number of carbonyl (C=O) groups is 5. The van der Waals surface area contributed by atoms with Crippen molar-refractivity contribution in [3.8, 4) is 0 Å². The molecule has 0 spiro atoms. The SMILES string of the molecule is CC(=O)OC[C@H]1O[C@@H](C(=O)c2ccc(Br)cc2C)[C@H](OC(C)=O)[C@@H](OC(C)=O)[C@@H]1OC(C)=O. The van der Waals surface area contributed by atoms with Crippen LogP contribution in [0.25, 0.3) is 0 Å². The van der Waals surface area contributed by atoms with Crippen molar-refractivity contribution in [2.45, 2.75) is 65.1 Å². The zero-order valence-corrected chi connectivity index (χ0v) is 20.4. The zero-order chi connectivity index (χ0) is 24.9. The van der Waals surface area contributed by atoms with Crippen LogP contribution in [0.15, 0.2) is 22.7 Å². The molecule has 10 nitrogen and oxygen atoms in total. The molecule has 2 rings (SSSR count). The number of benzene rings is 1. The van der Waals surface area contributed by atoms with Crippen molar-refractivity contribution >= 4 is 45.6 Å². The van der Waals surface area contributed by atoms with Crippen LogP contribution in [0.3, 0.4) is 0 Å². The molecule has 1 fully saturated rings. The monoisotopic (exact) mass is 528 g/mol. The maximum atomic E-state index is 13.5. The molecule has 0 unspecified atom stereocenters. The Bertz CT molecular complexity index is 943.